The van der Waals surface area contributed by atoms with Gasteiger partial charge < -0.3 is 10.5 Å². The molecule has 1 aliphatic heterocycles. The van der Waals surface area contributed by atoms with E-state index in [-0.39, 0.29) is 10.8 Å². The van der Waals surface area contributed by atoms with Crippen LogP contribution in [0.2, 0.25) is 0 Å². The molecule has 0 bridgehead atoms. The van der Waals surface area contributed by atoms with Gasteiger partial charge >= 0.3 is 0 Å². The van der Waals surface area contributed by atoms with E-state index in [1.54, 1.807) is 11.8 Å². The van der Waals surface area contributed by atoms with E-state index < -0.39 is 0 Å². The van der Waals surface area contributed by atoms with E-state index in [0.717, 1.165) is 26.2 Å². The van der Waals surface area contributed by atoms with Crippen molar-refractivity contribution in [1.29, 1.82) is 0 Å². The van der Waals surface area contributed by atoms with Gasteiger partial charge in [-0.2, -0.15) is 0 Å². The summed E-state index contributed by atoms with van der Waals surface area (Å²) in [7, 11) is 0. The predicted molar refractivity (Wildman–Crippen MR) is 78.2 cm³/mol. The SMILES string of the molecule is CSc1ccc(C2(C(C)(C)CCN)COC2)cc1. The lowest BCUT2D eigenvalue weighted by molar-refractivity contribution is -0.121. The number of rotatable bonds is 5. The van der Waals surface area contributed by atoms with E-state index in [1.165, 1.54) is 10.5 Å². The van der Waals surface area contributed by atoms with Gasteiger partial charge in [0.15, 0.2) is 0 Å². The highest BCUT2D eigenvalue weighted by Crippen LogP contribution is 2.49. The van der Waals surface area contributed by atoms with Crippen LogP contribution in [0, 0.1) is 5.41 Å². The molecule has 0 saturated carbocycles. The van der Waals surface area contributed by atoms with Gasteiger partial charge in [0.05, 0.1) is 13.2 Å². The molecular weight excluding hydrogens is 242 g/mol. The fourth-order valence-corrected chi connectivity index (χ4v) is 3.17. The lowest BCUT2D eigenvalue weighted by Crippen LogP contribution is -2.57. The standard InChI is InChI=1S/C15H23NOS/c1-14(2,8-9-16)15(10-17-11-15)12-4-6-13(18-3)7-5-12/h4-7H,8-11,16H2,1-3H3. The molecule has 0 aromatic heterocycles. The smallest absolute Gasteiger partial charge is 0.0590 e. The van der Waals surface area contributed by atoms with E-state index >= 15 is 0 Å². The second-order valence-corrected chi connectivity index (χ2v) is 6.61. The third kappa shape index (κ3) is 2.20. The summed E-state index contributed by atoms with van der Waals surface area (Å²) >= 11 is 1.78. The van der Waals surface area contributed by atoms with Gasteiger partial charge in [0, 0.05) is 10.3 Å². The van der Waals surface area contributed by atoms with E-state index in [4.69, 9.17) is 10.5 Å². The Bertz CT molecular complexity index is 395. The van der Waals surface area contributed by atoms with Crippen LogP contribution in [0.1, 0.15) is 25.8 Å². The molecule has 2 rings (SSSR count). The Labute approximate surface area is 114 Å². The van der Waals surface area contributed by atoms with Gasteiger partial charge in [-0.05, 0) is 42.3 Å². The zero-order valence-electron chi connectivity index (χ0n) is 11.5. The third-order valence-corrected chi connectivity index (χ3v) is 5.15. The molecule has 0 amide bonds. The molecule has 2 N–H and O–H groups in total. The first kappa shape index (κ1) is 13.9. The molecule has 1 fully saturated rings. The summed E-state index contributed by atoms with van der Waals surface area (Å²) in [6.45, 7) is 6.99. The first-order chi connectivity index (χ1) is 8.55. The summed E-state index contributed by atoms with van der Waals surface area (Å²) in [5.74, 6) is 0. The van der Waals surface area contributed by atoms with Gasteiger partial charge in [0.2, 0.25) is 0 Å². The predicted octanol–water partition coefficient (Wildman–Crippen LogP) is 3.05. The van der Waals surface area contributed by atoms with Crippen LogP contribution >= 0.6 is 11.8 Å². The fourth-order valence-electron chi connectivity index (χ4n) is 2.76. The van der Waals surface area contributed by atoms with Crippen molar-refractivity contribution in [1.82, 2.24) is 0 Å². The van der Waals surface area contributed by atoms with Gasteiger partial charge in [-0.3, -0.25) is 0 Å². The van der Waals surface area contributed by atoms with Crippen LogP contribution in [0.5, 0.6) is 0 Å². The Morgan fingerprint density at radius 3 is 2.28 bits per heavy atom. The Balaban J connectivity index is 2.31. The first-order valence-corrected chi connectivity index (χ1v) is 7.70. The average molecular weight is 265 g/mol. The number of thioether (sulfide) groups is 1. The molecular formula is C15H23NOS. The molecule has 18 heavy (non-hydrogen) atoms. The molecule has 2 nitrogen and oxygen atoms in total. The first-order valence-electron chi connectivity index (χ1n) is 6.48. The van der Waals surface area contributed by atoms with Crippen LogP contribution in [-0.4, -0.2) is 26.0 Å². The van der Waals surface area contributed by atoms with Crippen molar-refractivity contribution in [2.45, 2.75) is 30.6 Å². The summed E-state index contributed by atoms with van der Waals surface area (Å²) in [6, 6.07) is 8.93. The monoisotopic (exact) mass is 265 g/mol. The summed E-state index contributed by atoms with van der Waals surface area (Å²) in [5, 5.41) is 0. The molecule has 3 heteroatoms. The van der Waals surface area contributed by atoms with Crippen molar-refractivity contribution >= 4 is 11.8 Å². The number of hydrogen-bond donors (Lipinski definition) is 1. The van der Waals surface area contributed by atoms with Crippen LogP contribution in [0.15, 0.2) is 29.2 Å². The van der Waals surface area contributed by atoms with Crippen LogP contribution in [0.4, 0.5) is 0 Å². The van der Waals surface area contributed by atoms with Gasteiger partial charge in [0.25, 0.3) is 0 Å². The highest BCUT2D eigenvalue weighted by Gasteiger charge is 2.51. The zero-order chi connectivity index (χ0) is 13.2. The molecule has 1 aromatic carbocycles. The van der Waals surface area contributed by atoms with Gasteiger partial charge in [-0.25, -0.2) is 0 Å². The molecule has 0 spiro atoms. The summed E-state index contributed by atoms with van der Waals surface area (Å²) in [4.78, 5) is 1.31. The highest BCUT2D eigenvalue weighted by molar-refractivity contribution is 7.98. The van der Waals surface area contributed by atoms with Crippen molar-refractivity contribution < 1.29 is 4.74 Å². The van der Waals surface area contributed by atoms with Crippen molar-refractivity contribution in [3.05, 3.63) is 29.8 Å². The zero-order valence-corrected chi connectivity index (χ0v) is 12.3. The van der Waals surface area contributed by atoms with Crippen LogP contribution in [0.25, 0.3) is 0 Å². The molecule has 100 valence electrons. The molecule has 0 aliphatic carbocycles. The molecule has 1 aromatic rings. The van der Waals surface area contributed by atoms with Crippen molar-refractivity contribution in [3.8, 4) is 0 Å². The number of nitrogens with two attached hydrogens (primary N) is 1. The Hall–Kier alpha value is -0.510. The Kier molecular flexibility index (Phi) is 4.05. The number of benzene rings is 1. The van der Waals surface area contributed by atoms with Gasteiger partial charge in [-0.15, -0.1) is 11.8 Å². The van der Waals surface area contributed by atoms with Gasteiger partial charge in [0.1, 0.15) is 0 Å². The minimum absolute atomic E-state index is 0.142. The average Bonchev–Trinajstić information content (AvgIpc) is 2.28. The number of hydrogen-bond acceptors (Lipinski definition) is 3. The highest BCUT2D eigenvalue weighted by atomic mass is 32.2. The molecule has 1 heterocycles. The topological polar surface area (TPSA) is 35.2 Å². The van der Waals surface area contributed by atoms with Crippen molar-refractivity contribution in [3.63, 3.8) is 0 Å². The Morgan fingerprint density at radius 1 is 1.28 bits per heavy atom. The second-order valence-electron chi connectivity index (χ2n) is 5.73. The maximum Gasteiger partial charge on any atom is 0.0590 e. The molecule has 1 aliphatic rings. The minimum atomic E-state index is 0.142. The lowest BCUT2D eigenvalue weighted by atomic mass is 9.59. The van der Waals surface area contributed by atoms with Crippen molar-refractivity contribution in [2.75, 3.05) is 26.0 Å². The second kappa shape index (κ2) is 5.24. The maximum atomic E-state index is 5.77. The van der Waals surface area contributed by atoms with E-state index in [9.17, 15) is 0 Å². The van der Waals surface area contributed by atoms with Crippen LogP contribution < -0.4 is 5.73 Å². The van der Waals surface area contributed by atoms with E-state index in [2.05, 4.69) is 44.4 Å². The normalized spacial score (nSPS) is 18.4. The quantitative estimate of drug-likeness (QED) is 0.831. The van der Waals surface area contributed by atoms with Gasteiger partial charge in [-0.1, -0.05) is 26.0 Å². The van der Waals surface area contributed by atoms with Crippen LogP contribution in [-0.2, 0) is 10.2 Å². The van der Waals surface area contributed by atoms with Crippen LogP contribution in [0.3, 0.4) is 0 Å². The summed E-state index contributed by atoms with van der Waals surface area (Å²) in [6.07, 6.45) is 3.14. The summed E-state index contributed by atoms with van der Waals surface area (Å²) < 4.78 is 5.54. The molecule has 0 radical (unpaired) electrons. The molecule has 0 unspecified atom stereocenters. The van der Waals surface area contributed by atoms with Crippen molar-refractivity contribution in [2.24, 2.45) is 11.1 Å². The summed E-state index contributed by atoms with van der Waals surface area (Å²) in [5.41, 5.74) is 7.49. The number of ether oxygens (including phenoxy) is 1. The molecule has 1 saturated heterocycles. The molecule has 0 atom stereocenters. The lowest BCUT2D eigenvalue weighted by Gasteiger charge is -2.53. The fraction of sp³-hybridized carbons (Fsp3) is 0.600. The largest absolute Gasteiger partial charge is 0.379 e. The minimum Gasteiger partial charge on any atom is -0.379 e. The van der Waals surface area contributed by atoms with E-state index in [1.807, 2.05) is 0 Å². The maximum absolute atomic E-state index is 5.77. The van der Waals surface area contributed by atoms with E-state index in [0.29, 0.717) is 0 Å². The Morgan fingerprint density at radius 2 is 1.89 bits per heavy atom. The third-order valence-electron chi connectivity index (χ3n) is 4.40.